The van der Waals surface area contributed by atoms with E-state index in [2.05, 4.69) is 88.5 Å². The molecule has 4 fully saturated rings. The summed E-state index contributed by atoms with van der Waals surface area (Å²) in [6.07, 6.45) is 38.0. The molecule has 0 aromatic carbocycles. The van der Waals surface area contributed by atoms with Crippen LogP contribution in [-0.2, 0) is 38.1 Å². The van der Waals surface area contributed by atoms with Crippen molar-refractivity contribution in [1.29, 1.82) is 0 Å². The molecular weight excluding hydrogens is 977 g/mol. The maximum absolute atomic E-state index is 14.4. The molecule has 0 unspecified atom stereocenters. The molecule has 4 saturated heterocycles. The van der Waals surface area contributed by atoms with Crippen molar-refractivity contribution in [2.75, 3.05) is 0 Å². The van der Waals surface area contributed by atoms with Crippen LogP contribution in [0.2, 0.25) is 0 Å². The second kappa shape index (κ2) is 31.5. The van der Waals surface area contributed by atoms with E-state index in [-0.39, 0.29) is 48.3 Å². The Bertz CT molecular complexity index is 2040. The molecule has 13 heteroatoms. The maximum Gasteiger partial charge on any atom is 0.309 e. The molecule has 0 saturated carbocycles. The van der Waals surface area contributed by atoms with E-state index in [1.54, 1.807) is 19.1 Å². The molecule has 0 aromatic rings. The lowest BCUT2D eigenvalue weighted by atomic mass is 9.72. The highest BCUT2D eigenvalue weighted by atomic mass is 16.8. The van der Waals surface area contributed by atoms with Crippen LogP contribution in [0.3, 0.4) is 0 Å². The van der Waals surface area contributed by atoms with Crippen molar-refractivity contribution >= 4 is 17.7 Å². The largest absolute Gasteiger partial charge is 0.481 e. The highest BCUT2D eigenvalue weighted by molar-refractivity contribution is 5.84. The van der Waals surface area contributed by atoms with Crippen molar-refractivity contribution in [2.24, 2.45) is 41.4 Å². The van der Waals surface area contributed by atoms with E-state index >= 15 is 0 Å². The average molecular weight is 1080 g/mol. The molecule has 436 valence electrons. The van der Waals surface area contributed by atoms with Crippen LogP contribution >= 0.6 is 0 Å². The van der Waals surface area contributed by atoms with E-state index in [4.69, 9.17) is 28.8 Å². The molecular formula is C64H102O13. The van der Waals surface area contributed by atoms with E-state index in [1.807, 2.05) is 53.7 Å². The monoisotopic (exact) mass is 1080 g/mol. The summed E-state index contributed by atoms with van der Waals surface area (Å²) in [6, 6.07) is 0. The summed E-state index contributed by atoms with van der Waals surface area (Å²) in [5, 5.41) is 52.5. The fourth-order valence-corrected chi connectivity index (χ4v) is 12.3. The average Bonchev–Trinajstić information content (AvgIpc) is 3.75. The van der Waals surface area contributed by atoms with Crippen LogP contribution in [0.1, 0.15) is 192 Å². The Morgan fingerprint density at radius 3 is 1.79 bits per heavy atom. The van der Waals surface area contributed by atoms with Crippen LogP contribution in [0.15, 0.2) is 85.1 Å². The number of carboxylic acid groups (broad SMARTS) is 2. The number of hydrogen-bond donors (Lipinski definition) is 5. The molecule has 2 spiro atoms. The Hall–Kier alpha value is -3.53. The van der Waals surface area contributed by atoms with Crippen LogP contribution in [0.25, 0.3) is 0 Å². The Morgan fingerprint density at radius 2 is 1.27 bits per heavy atom. The fourth-order valence-electron chi connectivity index (χ4n) is 12.3. The van der Waals surface area contributed by atoms with Crippen molar-refractivity contribution in [3.05, 3.63) is 85.1 Å². The van der Waals surface area contributed by atoms with Gasteiger partial charge in [0.15, 0.2) is 5.79 Å². The maximum atomic E-state index is 14.4. The zero-order chi connectivity index (χ0) is 57.0. The van der Waals surface area contributed by atoms with Gasteiger partial charge in [-0.3, -0.25) is 14.4 Å². The number of rotatable bonds is 26. The van der Waals surface area contributed by atoms with Gasteiger partial charge in [-0.05, 0) is 141 Å². The van der Waals surface area contributed by atoms with Crippen molar-refractivity contribution in [1.82, 2.24) is 0 Å². The van der Waals surface area contributed by atoms with E-state index in [1.165, 1.54) is 0 Å². The zero-order valence-corrected chi connectivity index (χ0v) is 48.9. The Morgan fingerprint density at radius 1 is 0.701 bits per heavy atom. The predicted molar refractivity (Wildman–Crippen MR) is 304 cm³/mol. The minimum absolute atomic E-state index is 0.0137. The topological polar surface area (TPSA) is 199 Å². The third kappa shape index (κ3) is 18.0. The molecule has 5 rings (SSSR count). The summed E-state index contributed by atoms with van der Waals surface area (Å²) < 4.78 is 33.5. The summed E-state index contributed by atoms with van der Waals surface area (Å²) in [6.45, 7) is 21.8. The SMILES string of the molecule is CC/C=C\C/C=C\C/C=C\C/C=C\C/C=C\C/C=C\CCC(=O)O.CC[C@@H](C(=O)[C@@H](C)[C@@H](O)[C@H](C)[C@@H]1O[C@@H]([C@@H](CC)C(=O)O)CC[C@@H]1C)[C@H]1O[C@]2(C=C[C@@H](O)[C@]3(CC[C@@](C)([C@H]4CC[C@](O)(CC)[C@H](C)O4)O3)O2)[C@H](C)C[C@@H]1C. The smallest absolute Gasteiger partial charge is 0.309 e. The number of hydrogen-bond acceptors (Lipinski definition) is 11. The van der Waals surface area contributed by atoms with Crippen molar-refractivity contribution < 1.29 is 63.6 Å². The molecule has 0 amide bonds. The molecule has 0 aromatic heterocycles. The Kier molecular flexibility index (Phi) is 27.0. The van der Waals surface area contributed by atoms with Crippen molar-refractivity contribution in [3.63, 3.8) is 0 Å². The fraction of sp³-hybridized carbons (Fsp3) is 0.734. The van der Waals surface area contributed by atoms with Crippen LogP contribution in [0.4, 0.5) is 0 Å². The summed E-state index contributed by atoms with van der Waals surface area (Å²) in [7, 11) is 0. The summed E-state index contributed by atoms with van der Waals surface area (Å²) in [5.41, 5.74) is -1.63. The van der Waals surface area contributed by atoms with E-state index in [0.29, 0.717) is 64.2 Å². The van der Waals surface area contributed by atoms with Gasteiger partial charge in [0.05, 0.1) is 53.7 Å². The molecule has 0 bridgehead atoms. The third-order valence-electron chi connectivity index (χ3n) is 17.6. The summed E-state index contributed by atoms with van der Waals surface area (Å²) in [4.78, 5) is 36.7. The van der Waals surface area contributed by atoms with Gasteiger partial charge in [0.2, 0.25) is 5.79 Å². The summed E-state index contributed by atoms with van der Waals surface area (Å²) in [5.74, 6) is -6.52. The molecule has 18 atom stereocenters. The van der Waals surface area contributed by atoms with E-state index in [0.717, 1.165) is 44.9 Å². The minimum atomic E-state index is -1.37. The van der Waals surface area contributed by atoms with Crippen molar-refractivity contribution in [3.8, 4) is 0 Å². The number of aliphatic carboxylic acids is 2. The van der Waals surface area contributed by atoms with E-state index in [9.17, 15) is 34.8 Å². The van der Waals surface area contributed by atoms with Gasteiger partial charge < -0.3 is 49.2 Å². The quantitative estimate of drug-likeness (QED) is 0.0513. The lowest BCUT2D eigenvalue weighted by molar-refractivity contribution is -0.409. The van der Waals surface area contributed by atoms with Crippen LogP contribution in [0, 0.1) is 41.4 Å². The van der Waals surface area contributed by atoms with Gasteiger partial charge in [-0.15, -0.1) is 0 Å². The molecule has 13 nitrogen and oxygen atoms in total. The number of allylic oxidation sites excluding steroid dienone is 12. The Labute approximate surface area is 463 Å². The molecule has 0 aliphatic carbocycles. The molecule has 77 heavy (non-hydrogen) atoms. The first-order valence-electron chi connectivity index (χ1n) is 29.6. The number of aliphatic hydroxyl groups is 3. The number of ether oxygens (including phenoxy) is 5. The Balaban J connectivity index is 0.000000449. The highest BCUT2D eigenvalue weighted by Gasteiger charge is 2.63. The van der Waals surface area contributed by atoms with Crippen molar-refractivity contribution in [2.45, 2.75) is 257 Å². The molecule has 5 aliphatic heterocycles. The number of carbonyl (C=O) groups is 3. The number of carbonyl (C=O) groups excluding carboxylic acids is 1. The lowest BCUT2D eigenvalue weighted by Gasteiger charge is -2.54. The van der Waals surface area contributed by atoms with Gasteiger partial charge in [-0.2, -0.15) is 0 Å². The second-order valence-electron chi connectivity index (χ2n) is 23.3. The molecule has 5 N–H and O–H groups in total. The van der Waals surface area contributed by atoms with Crippen LogP contribution < -0.4 is 0 Å². The normalized spacial score (nSPS) is 35.8. The number of Topliss-reactive ketones (excluding diaryl/α,β-unsaturated/α-hetero) is 1. The van der Waals surface area contributed by atoms with Crippen LogP contribution in [-0.4, -0.2) is 109 Å². The zero-order valence-electron chi connectivity index (χ0n) is 48.9. The first kappa shape index (κ1) is 66.0. The summed E-state index contributed by atoms with van der Waals surface area (Å²) >= 11 is 0. The lowest BCUT2D eigenvalue weighted by Crippen LogP contribution is -2.63. The number of aliphatic hydroxyl groups excluding tert-OH is 2. The van der Waals surface area contributed by atoms with Crippen LogP contribution in [0.5, 0.6) is 0 Å². The number of carboxylic acids is 2. The van der Waals surface area contributed by atoms with Gasteiger partial charge in [0.1, 0.15) is 11.9 Å². The highest BCUT2D eigenvalue weighted by Crippen LogP contribution is 2.54. The molecule has 5 heterocycles. The third-order valence-corrected chi connectivity index (χ3v) is 17.6. The molecule has 0 radical (unpaired) electrons. The van der Waals surface area contributed by atoms with Gasteiger partial charge in [0.25, 0.3) is 0 Å². The van der Waals surface area contributed by atoms with Gasteiger partial charge >= 0.3 is 11.9 Å². The minimum Gasteiger partial charge on any atom is -0.481 e. The van der Waals surface area contributed by atoms with Gasteiger partial charge in [0, 0.05) is 36.5 Å². The second-order valence-corrected chi connectivity index (χ2v) is 23.3. The standard InChI is InChI=1S/C42H70O11.C22H32O2/c1-11-29(38(46)47)31-15-14-23(4)36(50-31)27(8)34(44)26(7)35(45)30(12-2)37-24(5)22-25(6)41(51-37)19-16-32(43)42(53-41)21-20-39(10,52-42)33-17-18-40(48,13-3)28(9)49-33;1-2-3-4-5-6-7-8-9-10-11-12-13-14-15-16-17-18-19-20-21-22(23)24/h16,19,23-34,36-37,43-44,48H,11-15,17-18,20-22H2,1-10H3,(H,46,47);3-4,6-7,9-10,12-13,15-16,18-19H,2,5,8,11,14,17,20-21H2,1H3,(H,23,24)/b;4-3-,7-6-,10-9-,13-12-,16-15-,19-18-/t23-,24-,25+,26-,27-,28-,29+,30-,31+,32+,33+,34+,36+,37-,39-,40+,41-,42-;/m0./s1. The number of ketones is 1. The first-order chi connectivity index (χ1) is 36.6. The predicted octanol–water partition coefficient (Wildman–Crippen LogP) is 12.7. The first-order valence-corrected chi connectivity index (χ1v) is 29.6. The van der Waals surface area contributed by atoms with E-state index < -0.39 is 82.8 Å². The van der Waals surface area contributed by atoms with Gasteiger partial charge in [-0.25, -0.2) is 0 Å². The van der Waals surface area contributed by atoms with Gasteiger partial charge in [-0.1, -0.05) is 135 Å². The molecule has 5 aliphatic rings.